The molecule has 1 atom stereocenters. The molecular formula is C11H21N3O2. The van der Waals surface area contributed by atoms with Crippen LogP contribution < -0.4 is 11.0 Å². The lowest BCUT2D eigenvalue weighted by Gasteiger charge is -2.13. The first-order valence-electron chi connectivity index (χ1n) is 5.87. The summed E-state index contributed by atoms with van der Waals surface area (Å²) in [7, 11) is 0. The molecule has 0 aliphatic carbocycles. The first-order chi connectivity index (χ1) is 7.61. The van der Waals surface area contributed by atoms with Gasteiger partial charge in [0.1, 0.15) is 0 Å². The molecule has 5 heteroatoms. The van der Waals surface area contributed by atoms with Crippen molar-refractivity contribution in [3.8, 4) is 5.88 Å². The second-order valence-corrected chi connectivity index (χ2v) is 3.94. The molecule has 0 radical (unpaired) electrons. The van der Waals surface area contributed by atoms with Crippen LogP contribution in [0, 0.1) is 0 Å². The number of hydrogen-bond donors (Lipinski definition) is 3. The molecule has 1 aromatic rings. The van der Waals surface area contributed by atoms with Crippen LogP contribution in [-0.4, -0.2) is 21.2 Å². The Morgan fingerprint density at radius 3 is 2.75 bits per heavy atom. The van der Waals surface area contributed by atoms with Crippen LogP contribution in [0.4, 0.5) is 0 Å². The molecule has 0 aliphatic heterocycles. The summed E-state index contributed by atoms with van der Waals surface area (Å²) in [5.74, 6) is 0.0619. The number of hydrogen-bond acceptors (Lipinski definition) is 3. The van der Waals surface area contributed by atoms with Gasteiger partial charge in [0.25, 0.3) is 0 Å². The lowest BCUT2D eigenvalue weighted by atomic mass is 10.2. The Balaban J connectivity index is 2.93. The summed E-state index contributed by atoms with van der Waals surface area (Å²) in [6.07, 6.45) is 2.52. The summed E-state index contributed by atoms with van der Waals surface area (Å²) in [6.45, 7) is 6.64. The van der Waals surface area contributed by atoms with Crippen molar-refractivity contribution >= 4 is 0 Å². The van der Waals surface area contributed by atoms with E-state index in [1.54, 1.807) is 0 Å². The van der Waals surface area contributed by atoms with Crippen molar-refractivity contribution < 1.29 is 5.11 Å². The monoisotopic (exact) mass is 227 g/mol. The maximum Gasteiger partial charge on any atom is 0.329 e. The maximum atomic E-state index is 11.6. The molecule has 0 saturated carbocycles. The average molecular weight is 227 g/mol. The molecule has 92 valence electrons. The summed E-state index contributed by atoms with van der Waals surface area (Å²) in [4.78, 5) is 14.4. The fourth-order valence-corrected chi connectivity index (χ4v) is 1.76. The number of H-pyrrole nitrogens is 1. The second kappa shape index (κ2) is 5.75. The molecule has 0 aliphatic rings. The molecule has 0 fully saturated rings. The van der Waals surface area contributed by atoms with Crippen LogP contribution in [0.2, 0.25) is 0 Å². The lowest BCUT2D eigenvalue weighted by Crippen LogP contribution is -2.30. The Labute approximate surface area is 95.5 Å². The van der Waals surface area contributed by atoms with Crippen molar-refractivity contribution in [3.63, 3.8) is 0 Å². The van der Waals surface area contributed by atoms with Gasteiger partial charge < -0.3 is 10.1 Å². The summed E-state index contributed by atoms with van der Waals surface area (Å²) in [5, 5.41) is 13.0. The van der Waals surface area contributed by atoms with Gasteiger partial charge in [-0.05, 0) is 26.3 Å². The zero-order valence-corrected chi connectivity index (χ0v) is 10.2. The number of imidazole rings is 1. The first-order valence-corrected chi connectivity index (χ1v) is 5.87. The van der Waals surface area contributed by atoms with E-state index in [9.17, 15) is 9.90 Å². The Kier molecular flexibility index (Phi) is 4.61. The Morgan fingerprint density at radius 2 is 2.19 bits per heavy atom. The number of rotatable bonds is 6. The topological polar surface area (TPSA) is 70.0 Å². The molecule has 0 amide bonds. The molecule has 0 aromatic carbocycles. The summed E-state index contributed by atoms with van der Waals surface area (Å²) < 4.78 is 1.36. The number of nitrogens with one attached hydrogen (secondary N) is 2. The third kappa shape index (κ3) is 2.66. The van der Waals surface area contributed by atoms with Gasteiger partial charge in [0, 0.05) is 0 Å². The molecular weight excluding hydrogens is 206 g/mol. The summed E-state index contributed by atoms with van der Waals surface area (Å²) >= 11 is 0. The van der Waals surface area contributed by atoms with Crippen molar-refractivity contribution in [1.82, 2.24) is 14.9 Å². The minimum absolute atomic E-state index is 0.0619. The SMILES string of the molecule is CCCCc1[nH]c(=O)n(C(C)NCC)c1O. The molecule has 1 rings (SSSR count). The van der Waals surface area contributed by atoms with Crippen LogP contribution in [0.1, 0.15) is 45.5 Å². The predicted octanol–water partition coefficient (Wildman–Crippen LogP) is 1.35. The van der Waals surface area contributed by atoms with E-state index >= 15 is 0 Å². The van der Waals surface area contributed by atoms with E-state index < -0.39 is 0 Å². The van der Waals surface area contributed by atoms with Gasteiger partial charge in [-0.2, -0.15) is 0 Å². The van der Waals surface area contributed by atoms with Gasteiger partial charge in [-0.25, -0.2) is 9.36 Å². The standard InChI is InChI=1S/C11H21N3O2/c1-4-6-7-9-10(15)14(11(16)13-9)8(3)12-5-2/h8,12,15H,4-7H2,1-3H3,(H,13,16). The highest BCUT2D eigenvalue weighted by Crippen LogP contribution is 2.18. The van der Waals surface area contributed by atoms with Crippen LogP contribution in [0.3, 0.4) is 0 Å². The number of aromatic hydroxyl groups is 1. The number of unbranched alkanes of at least 4 members (excludes halogenated alkanes) is 1. The van der Waals surface area contributed by atoms with Crippen molar-refractivity contribution in [1.29, 1.82) is 0 Å². The van der Waals surface area contributed by atoms with Crippen molar-refractivity contribution in [2.75, 3.05) is 6.54 Å². The zero-order chi connectivity index (χ0) is 12.1. The highest BCUT2D eigenvalue weighted by atomic mass is 16.3. The first kappa shape index (κ1) is 12.8. The molecule has 0 bridgehead atoms. The highest BCUT2D eigenvalue weighted by molar-refractivity contribution is 5.19. The second-order valence-electron chi connectivity index (χ2n) is 3.94. The molecule has 0 saturated heterocycles. The minimum atomic E-state index is -0.253. The predicted molar refractivity (Wildman–Crippen MR) is 63.7 cm³/mol. The van der Waals surface area contributed by atoms with Gasteiger partial charge >= 0.3 is 5.69 Å². The smallest absolute Gasteiger partial charge is 0.329 e. The van der Waals surface area contributed by atoms with Gasteiger partial charge in [-0.1, -0.05) is 20.3 Å². The van der Waals surface area contributed by atoms with E-state index in [1.807, 2.05) is 13.8 Å². The molecule has 5 nitrogen and oxygen atoms in total. The minimum Gasteiger partial charge on any atom is -0.493 e. The van der Waals surface area contributed by atoms with Crippen LogP contribution in [-0.2, 0) is 6.42 Å². The van der Waals surface area contributed by atoms with Crippen LogP contribution in [0.15, 0.2) is 4.79 Å². The number of aryl methyl sites for hydroxylation is 1. The number of aromatic amines is 1. The van der Waals surface area contributed by atoms with E-state index in [4.69, 9.17) is 0 Å². The lowest BCUT2D eigenvalue weighted by molar-refractivity contribution is 0.352. The van der Waals surface area contributed by atoms with Gasteiger partial charge in [-0.3, -0.25) is 5.32 Å². The summed E-state index contributed by atoms with van der Waals surface area (Å²) in [5.41, 5.74) is 0.383. The van der Waals surface area contributed by atoms with Crippen molar-refractivity contribution in [2.24, 2.45) is 0 Å². The van der Waals surface area contributed by atoms with E-state index in [1.165, 1.54) is 4.57 Å². The molecule has 1 heterocycles. The molecule has 16 heavy (non-hydrogen) atoms. The van der Waals surface area contributed by atoms with E-state index in [2.05, 4.69) is 17.2 Å². The van der Waals surface area contributed by atoms with Gasteiger partial charge in [0.2, 0.25) is 5.88 Å². The largest absolute Gasteiger partial charge is 0.493 e. The fourth-order valence-electron chi connectivity index (χ4n) is 1.76. The fraction of sp³-hybridized carbons (Fsp3) is 0.727. The third-order valence-electron chi connectivity index (χ3n) is 2.64. The van der Waals surface area contributed by atoms with E-state index in [0.29, 0.717) is 12.1 Å². The average Bonchev–Trinajstić information content (AvgIpc) is 2.51. The number of aromatic nitrogens is 2. The van der Waals surface area contributed by atoms with Crippen LogP contribution in [0.25, 0.3) is 0 Å². The highest BCUT2D eigenvalue weighted by Gasteiger charge is 2.16. The van der Waals surface area contributed by atoms with E-state index in [-0.39, 0.29) is 17.7 Å². The molecule has 3 N–H and O–H groups in total. The van der Waals surface area contributed by atoms with Gasteiger partial charge in [-0.15, -0.1) is 0 Å². The van der Waals surface area contributed by atoms with Gasteiger partial charge in [0.05, 0.1) is 11.9 Å². The molecule has 1 unspecified atom stereocenters. The Morgan fingerprint density at radius 1 is 1.50 bits per heavy atom. The molecule has 0 spiro atoms. The van der Waals surface area contributed by atoms with Crippen LogP contribution in [0.5, 0.6) is 5.88 Å². The van der Waals surface area contributed by atoms with E-state index in [0.717, 1.165) is 19.4 Å². The zero-order valence-electron chi connectivity index (χ0n) is 10.2. The Bertz CT molecular complexity index is 381. The van der Waals surface area contributed by atoms with Gasteiger partial charge in [0.15, 0.2) is 0 Å². The third-order valence-corrected chi connectivity index (χ3v) is 2.64. The molecule has 1 aromatic heterocycles. The normalized spacial score (nSPS) is 12.9. The number of nitrogens with zero attached hydrogens (tertiary/aromatic N) is 1. The van der Waals surface area contributed by atoms with Crippen molar-refractivity contribution in [2.45, 2.75) is 46.2 Å². The van der Waals surface area contributed by atoms with Crippen LogP contribution >= 0.6 is 0 Å². The maximum absolute atomic E-state index is 11.6. The summed E-state index contributed by atoms with van der Waals surface area (Å²) in [6, 6.07) is 0. The Hall–Kier alpha value is -1.23. The van der Waals surface area contributed by atoms with Crippen molar-refractivity contribution in [3.05, 3.63) is 16.2 Å². The quantitative estimate of drug-likeness (QED) is 0.687.